The minimum absolute atomic E-state index is 0.107. The lowest BCUT2D eigenvalue weighted by atomic mass is 10.2. The number of thioether (sulfide) groups is 1. The normalized spacial score (nSPS) is 13.1. The topological polar surface area (TPSA) is 67.4 Å². The van der Waals surface area contributed by atoms with Crippen molar-refractivity contribution in [1.82, 2.24) is 10.0 Å². The SMILES string of the molecule is CCNCc1cc(S(=O)(=O)NC(C)CSC)ccc1OC. The van der Waals surface area contributed by atoms with Crippen LogP contribution in [0.25, 0.3) is 0 Å². The summed E-state index contributed by atoms with van der Waals surface area (Å²) in [5.74, 6) is 1.42. The Hall–Kier alpha value is -0.760. The van der Waals surface area contributed by atoms with Crippen LogP contribution in [0, 0.1) is 0 Å². The van der Waals surface area contributed by atoms with Crippen LogP contribution >= 0.6 is 11.8 Å². The highest BCUT2D eigenvalue weighted by molar-refractivity contribution is 7.98. The predicted octanol–water partition coefficient (Wildman–Crippen LogP) is 1.83. The zero-order valence-corrected chi connectivity index (χ0v) is 14.6. The van der Waals surface area contributed by atoms with E-state index in [-0.39, 0.29) is 10.9 Å². The van der Waals surface area contributed by atoms with E-state index in [1.165, 1.54) is 0 Å². The molecule has 0 saturated heterocycles. The molecule has 0 aliphatic heterocycles. The minimum atomic E-state index is -3.50. The van der Waals surface area contributed by atoms with E-state index in [0.717, 1.165) is 17.9 Å². The number of methoxy groups -OCH3 is 1. The van der Waals surface area contributed by atoms with Crippen LogP contribution in [0.15, 0.2) is 23.1 Å². The second-order valence-corrected chi connectivity index (χ2v) is 7.36. The summed E-state index contributed by atoms with van der Waals surface area (Å²) >= 11 is 1.61. The monoisotopic (exact) mass is 332 g/mol. The molecule has 1 aromatic carbocycles. The second kappa shape index (κ2) is 8.63. The molecule has 2 N–H and O–H groups in total. The van der Waals surface area contributed by atoms with Crippen LogP contribution in [0.5, 0.6) is 5.75 Å². The molecule has 7 heteroatoms. The first kappa shape index (κ1) is 18.3. The first-order valence-electron chi connectivity index (χ1n) is 6.83. The molecule has 1 rings (SSSR count). The Morgan fingerprint density at radius 2 is 2.10 bits per heavy atom. The Morgan fingerprint density at radius 3 is 2.67 bits per heavy atom. The van der Waals surface area contributed by atoms with E-state index in [1.54, 1.807) is 37.1 Å². The van der Waals surface area contributed by atoms with Crippen LogP contribution in [0.4, 0.5) is 0 Å². The van der Waals surface area contributed by atoms with Gasteiger partial charge in [-0.1, -0.05) is 6.92 Å². The number of sulfonamides is 1. The largest absolute Gasteiger partial charge is 0.496 e. The third-order valence-corrected chi connectivity index (χ3v) is 5.32. The van der Waals surface area contributed by atoms with Gasteiger partial charge in [-0.3, -0.25) is 0 Å². The number of rotatable bonds is 9. The third-order valence-electron chi connectivity index (χ3n) is 2.90. The molecule has 120 valence electrons. The molecule has 0 spiro atoms. The van der Waals surface area contributed by atoms with Gasteiger partial charge < -0.3 is 10.1 Å². The maximum absolute atomic E-state index is 12.4. The molecule has 21 heavy (non-hydrogen) atoms. The van der Waals surface area contributed by atoms with Gasteiger partial charge in [0.05, 0.1) is 12.0 Å². The van der Waals surface area contributed by atoms with Gasteiger partial charge in [-0.2, -0.15) is 11.8 Å². The van der Waals surface area contributed by atoms with Crippen molar-refractivity contribution in [3.8, 4) is 5.75 Å². The van der Waals surface area contributed by atoms with Crippen molar-refractivity contribution in [2.24, 2.45) is 0 Å². The van der Waals surface area contributed by atoms with Crippen molar-refractivity contribution in [2.75, 3.05) is 25.7 Å². The van der Waals surface area contributed by atoms with E-state index in [9.17, 15) is 8.42 Å². The van der Waals surface area contributed by atoms with Gasteiger partial charge in [0.15, 0.2) is 0 Å². The van der Waals surface area contributed by atoms with E-state index >= 15 is 0 Å². The van der Waals surface area contributed by atoms with Crippen molar-refractivity contribution in [1.29, 1.82) is 0 Å². The van der Waals surface area contributed by atoms with Crippen molar-refractivity contribution in [3.63, 3.8) is 0 Å². The molecule has 0 aliphatic rings. The number of hydrogen-bond donors (Lipinski definition) is 2. The fourth-order valence-corrected chi connectivity index (χ4v) is 3.92. The average Bonchev–Trinajstić information content (AvgIpc) is 2.44. The molecule has 0 heterocycles. The Labute approximate surface area is 131 Å². The molecule has 5 nitrogen and oxygen atoms in total. The lowest BCUT2D eigenvalue weighted by Gasteiger charge is -2.15. The molecule has 0 amide bonds. The quantitative estimate of drug-likeness (QED) is 0.722. The first-order chi connectivity index (χ1) is 9.94. The summed E-state index contributed by atoms with van der Waals surface area (Å²) in [6.45, 7) is 5.24. The molecule has 0 aromatic heterocycles. The molecule has 1 aromatic rings. The summed E-state index contributed by atoms with van der Waals surface area (Å²) in [6.07, 6.45) is 1.95. The van der Waals surface area contributed by atoms with E-state index in [0.29, 0.717) is 12.3 Å². The van der Waals surface area contributed by atoms with Gasteiger partial charge in [0, 0.05) is 23.9 Å². The first-order valence-corrected chi connectivity index (χ1v) is 9.71. The molecule has 0 radical (unpaired) electrons. The highest BCUT2D eigenvalue weighted by Gasteiger charge is 2.18. The standard InChI is InChI=1S/C14H24N2O3S2/c1-5-15-9-12-8-13(6-7-14(12)19-3)21(17,18)16-11(2)10-20-4/h6-8,11,15-16H,5,9-10H2,1-4H3. The summed E-state index contributed by atoms with van der Waals surface area (Å²) < 4.78 is 32.7. The fourth-order valence-electron chi connectivity index (χ4n) is 1.94. The van der Waals surface area contributed by atoms with Gasteiger partial charge in [-0.15, -0.1) is 0 Å². The number of benzene rings is 1. The van der Waals surface area contributed by atoms with Gasteiger partial charge in [0.2, 0.25) is 10.0 Å². The summed E-state index contributed by atoms with van der Waals surface area (Å²) in [7, 11) is -1.92. The van der Waals surface area contributed by atoms with Gasteiger partial charge in [0.25, 0.3) is 0 Å². The van der Waals surface area contributed by atoms with E-state index in [1.807, 2.05) is 20.1 Å². The van der Waals surface area contributed by atoms with Gasteiger partial charge in [-0.25, -0.2) is 13.1 Å². The van der Waals surface area contributed by atoms with E-state index in [4.69, 9.17) is 4.74 Å². The fraction of sp³-hybridized carbons (Fsp3) is 0.571. The van der Waals surface area contributed by atoms with Crippen LogP contribution in [0.2, 0.25) is 0 Å². The molecule has 1 atom stereocenters. The van der Waals surface area contributed by atoms with Crippen LogP contribution in [0.3, 0.4) is 0 Å². The summed E-state index contributed by atoms with van der Waals surface area (Å²) in [5, 5.41) is 3.18. The molecular formula is C14H24N2O3S2. The van der Waals surface area contributed by atoms with Crippen LogP contribution in [-0.4, -0.2) is 40.1 Å². The smallest absolute Gasteiger partial charge is 0.240 e. The molecule has 0 fully saturated rings. The average molecular weight is 332 g/mol. The van der Waals surface area contributed by atoms with Crippen molar-refractivity contribution in [3.05, 3.63) is 23.8 Å². The zero-order chi connectivity index (χ0) is 15.9. The summed E-state index contributed by atoms with van der Waals surface area (Å²) in [6, 6.07) is 4.82. The second-order valence-electron chi connectivity index (χ2n) is 4.73. The van der Waals surface area contributed by atoms with Gasteiger partial charge in [-0.05, 0) is 37.9 Å². The van der Waals surface area contributed by atoms with Crippen molar-refractivity contribution >= 4 is 21.8 Å². The molecule has 1 unspecified atom stereocenters. The third kappa shape index (κ3) is 5.50. The lowest BCUT2D eigenvalue weighted by Crippen LogP contribution is -2.34. The number of hydrogen-bond acceptors (Lipinski definition) is 5. The number of nitrogens with one attached hydrogen (secondary N) is 2. The molecular weight excluding hydrogens is 308 g/mol. The zero-order valence-electron chi connectivity index (χ0n) is 13.0. The van der Waals surface area contributed by atoms with Crippen LogP contribution in [-0.2, 0) is 16.6 Å². The molecule has 0 aliphatic carbocycles. The number of ether oxygens (including phenoxy) is 1. The minimum Gasteiger partial charge on any atom is -0.496 e. The Bertz CT molecular complexity index is 547. The molecule has 0 saturated carbocycles. The molecule has 0 bridgehead atoms. The summed E-state index contributed by atoms with van der Waals surface area (Å²) in [5.41, 5.74) is 0.833. The van der Waals surface area contributed by atoms with Gasteiger partial charge >= 0.3 is 0 Å². The van der Waals surface area contributed by atoms with Crippen molar-refractivity contribution in [2.45, 2.75) is 31.3 Å². The van der Waals surface area contributed by atoms with E-state index in [2.05, 4.69) is 10.0 Å². The Kier molecular flexibility index (Phi) is 7.51. The van der Waals surface area contributed by atoms with Gasteiger partial charge in [0.1, 0.15) is 5.75 Å². The lowest BCUT2D eigenvalue weighted by molar-refractivity contribution is 0.407. The summed E-state index contributed by atoms with van der Waals surface area (Å²) in [4.78, 5) is 0.268. The Balaban J connectivity index is 3.01. The highest BCUT2D eigenvalue weighted by atomic mass is 32.2. The predicted molar refractivity (Wildman–Crippen MR) is 88.5 cm³/mol. The maximum Gasteiger partial charge on any atom is 0.240 e. The maximum atomic E-state index is 12.4. The van der Waals surface area contributed by atoms with Crippen LogP contribution < -0.4 is 14.8 Å². The Morgan fingerprint density at radius 1 is 1.38 bits per heavy atom. The van der Waals surface area contributed by atoms with Crippen molar-refractivity contribution < 1.29 is 13.2 Å². The highest BCUT2D eigenvalue weighted by Crippen LogP contribution is 2.22. The van der Waals surface area contributed by atoms with E-state index < -0.39 is 10.0 Å². The van der Waals surface area contributed by atoms with Crippen LogP contribution in [0.1, 0.15) is 19.4 Å².